The summed E-state index contributed by atoms with van der Waals surface area (Å²) < 4.78 is 0. The summed E-state index contributed by atoms with van der Waals surface area (Å²) in [5.74, 6) is 0. The van der Waals surface area contributed by atoms with Gasteiger partial charge in [0.1, 0.15) is 0 Å². The number of hydrogen-bond acceptors (Lipinski definition) is 0. The molecule has 264 valence electrons. The molecule has 8 aromatic carbocycles. The molecule has 0 aliphatic rings. The maximum atomic E-state index is 2.26. The highest BCUT2D eigenvalue weighted by molar-refractivity contribution is 5.91. The summed E-state index contributed by atoms with van der Waals surface area (Å²) in [6.45, 7) is 26.0. The van der Waals surface area contributed by atoms with Gasteiger partial charge in [0.05, 0.1) is 0 Å². The fourth-order valence-corrected chi connectivity index (χ4v) is 7.18. The molecule has 0 fully saturated rings. The number of fused-ring (bicyclic) bond motifs is 4. The summed E-state index contributed by atoms with van der Waals surface area (Å²) in [6, 6.07) is 43.8. The average Bonchev–Trinajstić information content (AvgIpc) is 3.14. The molecular weight excluding hydrogens is 625 g/mol. The quantitative estimate of drug-likeness (QED) is 0.150. The Hall–Kier alpha value is -5.20. The Morgan fingerprint density at radius 1 is 0.231 bits per heavy atom. The van der Waals surface area contributed by atoms with Gasteiger partial charge in [-0.15, -0.1) is 0 Å². The van der Waals surface area contributed by atoms with Gasteiger partial charge in [0.2, 0.25) is 0 Å². The molecular formula is C52H56. The highest BCUT2D eigenvalue weighted by Crippen LogP contribution is 2.26. The number of benzene rings is 8. The van der Waals surface area contributed by atoms with Crippen molar-refractivity contribution in [2.75, 3.05) is 0 Å². The molecule has 0 amide bonds. The zero-order valence-electron chi connectivity index (χ0n) is 33.5. The smallest absolute Gasteiger partial charge is 0.0149 e. The lowest BCUT2D eigenvalue weighted by atomic mass is 9.97. The molecule has 52 heavy (non-hydrogen) atoms. The van der Waals surface area contributed by atoms with Gasteiger partial charge in [-0.05, 0) is 182 Å². The van der Waals surface area contributed by atoms with Gasteiger partial charge in [0.15, 0.2) is 0 Å². The van der Waals surface area contributed by atoms with Crippen LogP contribution in [0, 0.1) is 83.1 Å². The summed E-state index contributed by atoms with van der Waals surface area (Å²) in [7, 11) is 0. The highest BCUT2D eigenvalue weighted by atomic mass is 14.1. The third-order valence-electron chi connectivity index (χ3n) is 11.0. The van der Waals surface area contributed by atoms with Crippen molar-refractivity contribution >= 4 is 43.1 Å². The minimum absolute atomic E-state index is 1.33. The van der Waals surface area contributed by atoms with Crippen LogP contribution in [0.15, 0.2) is 121 Å². The number of aryl methyl sites for hydroxylation is 12. The Labute approximate surface area is 313 Å². The molecule has 8 aromatic rings. The largest absolute Gasteiger partial charge is 0.0616 e. The summed E-state index contributed by atoms with van der Waals surface area (Å²) in [5.41, 5.74) is 16.5. The van der Waals surface area contributed by atoms with E-state index in [0.717, 1.165) is 0 Å². The van der Waals surface area contributed by atoms with Crippen molar-refractivity contribution in [3.63, 3.8) is 0 Å². The molecule has 0 heteroatoms. The van der Waals surface area contributed by atoms with Crippen molar-refractivity contribution in [1.29, 1.82) is 0 Å². The van der Waals surface area contributed by atoms with Gasteiger partial charge in [0.25, 0.3) is 0 Å². The normalized spacial score (nSPS) is 10.7. The third-order valence-corrected chi connectivity index (χ3v) is 11.0. The maximum Gasteiger partial charge on any atom is -0.0149 e. The van der Waals surface area contributed by atoms with Gasteiger partial charge < -0.3 is 0 Å². The van der Waals surface area contributed by atoms with Crippen LogP contribution < -0.4 is 0 Å². The molecule has 0 N–H and O–H groups in total. The van der Waals surface area contributed by atoms with E-state index in [1.165, 1.54) is 110 Å². The lowest BCUT2D eigenvalue weighted by Crippen LogP contribution is -1.86. The second-order valence-electron chi connectivity index (χ2n) is 14.8. The van der Waals surface area contributed by atoms with Crippen LogP contribution in [-0.2, 0) is 0 Å². The number of hydrogen-bond donors (Lipinski definition) is 0. The van der Waals surface area contributed by atoms with E-state index in [1.807, 2.05) is 0 Å². The monoisotopic (exact) mass is 680 g/mol. The van der Waals surface area contributed by atoms with Crippen LogP contribution in [0.1, 0.15) is 66.8 Å². The average molecular weight is 681 g/mol. The van der Waals surface area contributed by atoms with Gasteiger partial charge >= 0.3 is 0 Å². The van der Waals surface area contributed by atoms with Crippen molar-refractivity contribution in [2.45, 2.75) is 83.1 Å². The second kappa shape index (κ2) is 16.4. The highest BCUT2D eigenvalue weighted by Gasteiger charge is 2.04. The lowest BCUT2D eigenvalue weighted by Gasteiger charge is -2.08. The predicted octanol–water partition coefficient (Wildman–Crippen LogP) is 15.1. The van der Waals surface area contributed by atoms with Crippen LogP contribution >= 0.6 is 0 Å². The van der Waals surface area contributed by atoms with E-state index in [9.17, 15) is 0 Å². The summed E-state index contributed by atoms with van der Waals surface area (Å²) >= 11 is 0. The van der Waals surface area contributed by atoms with Crippen molar-refractivity contribution in [1.82, 2.24) is 0 Å². The molecule has 0 atom stereocenters. The van der Waals surface area contributed by atoms with Crippen molar-refractivity contribution < 1.29 is 0 Å². The molecule has 8 rings (SSSR count). The van der Waals surface area contributed by atoms with Crippen molar-refractivity contribution in [3.05, 3.63) is 188 Å². The van der Waals surface area contributed by atoms with Gasteiger partial charge in [-0.3, -0.25) is 0 Å². The Balaban J connectivity index is 0.000000134. The van der Waals surface area contributed by atoms with E-state index in [4.69, 9.17) is 0 Å². The second-order valence-corrected chi connectivity index (χ2v) is 14.8. The molecule has 0 saturated carbocycles. The standard InChI is InChI=1S/4C13H14/c2*1-9-4-7-13-11(3)10(2)5-6-12(13)8-9;2*1-9-8-10(2)12-6-4-5-7-13(12)11(9)3/h4*4-8H,1-3H3. The summed E-state index contributed by atoms with van der Waals surface area (Å²) in [6.07, 6.45) is 0. The Bertz CT molecular complexity index is 2350. The molecule has 0 spiro atoms. The van der Waals surface area contributed by atoms with Crippen LogP contribution in [0.5, 0.6) is 0 Å². The van der Waals surface area contributed by atoms with Gasteiger partial charge in [-0.25, -0.2) is 0 Å². The first-order valence-corrected chi connectivity index (χ1v) is 18.6. The van der Waals surface area contributed by atoms with Crippen LogP contribution in [-0.4, -0.2) is 0 Å². The van der Waals surface area contributed by atoms with E-state index in [2.05, 4.69) is 204 Å². The zero-order chi connectivity index (χ0) is 37.7. The topological polar surface area (TPSA) is 0 Å². The first-order chi connectivity index (χ1) is 24.8. The van der Waals surface area contributed by atoms with Crippen LogP contribution in [0.4, 0.5) is 0 Å². The minimum atomic E-state index is 1.33. The van der Waals surface area contributed by atoms with E-state index in [0.29, 0.717) is 0 Å². The molecule has 0 radical (unpaired) electrons. The molecule has 0 aromatic heterocycles. The third kappa shape index (κ3) is 8.46. The molecule has 0 heterocycles. The SMILES string of the molecule is Cc1cc(C)c2ccccc2c1C.Cc1cc(C)c2ccccc2c1C.Cc1ccc2c(C)c(C)ccc2c1.Cc1ccc2c(C)c(C)ccc2c1. The van der Waals surface area contributed by atoms with Gasteiger partial charge in [0, 0.05) is 0 Å². The summed E-state index contributed by atoms with van der Waals surface area (Å²) in [5, 5.41) is 11.0. The fourth-order valence-electron chi connectivity index (χ4n) is 7.18. The Kier molecular flexibility index (Phi) is 12.0. The first kappa shape index (κ1) is 38.0. The first-order valence-electron chi connectivity index (χ1n) is 18.6. The maximum absolute atomic E-state index is 2.26. The van der Waals surface area contributed by atoms with E-state index in [1.54, 1.807) is 0 Å². The Morgan fingerprint density at radius 2 is 0.558 bits per heavy atom. The molecule has 0 unspecified atom stereocenters. The lowest BCUT2D eigenvalue weighted by molar-refractivity contribution is 1.34. The van der Waals surface area contributed by atoms with Crippen molar-refractivity contribution in [3.8, 4) is 0 Å². The number of rotatable bonds is 0. The minimum Gasteiger partial charge on any atom is -0.0616 e. The van der Waals surface area contributed by atoms with Crippen LogP contribution in [0.3, 0.4) is 0 Å². The van der Waals surface area contributed by atoms with E-state index >= 15 is 0 Å². The molecule has 0 saturated heterocycles. The summed E-state index contributed by atoms with van der Waals surface area (Å²) in [4.78, 5) is 0. The molecule has 0 bridgehead atoms. The van der Waals surface area contributed by atoms with Gasteiger partial charge in [-0.2, -0.15) is 0 Å². The van der Waals surface area contributed by atoms with Crippen molar-refractivity contribution in [2.24, 2.45) is 0 Å². The van der Waals surface area contributed by atoms with Crippen LogP contribution in [0.2, 0.25) is 0 Å². The van der Waals surface area contributed by atoms with E-state index < -0.39 is 0 Å². The van der Waals surface area contributed by atoms with Crippen LogP contribution in [0.25, 0.3) is 43.1 Å². The molecule has 0 aliphatic heterocycles. The molecule has 0 nitrogen and oxygen atoms in total. The molecule has 0 aliphatic carbocycles. The van der Waals surface area contributed by atoms with E-state index in [-0.39, 0.29) is 0 Å². The zero-order valence-corrected chi connectivity index (χ0v) is 33.5. The fraction of sp³-hybridized carbons (Fsp3) is 0.231. The Morgan fingerprint density at radius 3 is 0.923 bits per heavy atom. The predicted molar refractivity (Wildman–Crippen MR) is 233 cm³/mol. The van der Waals surface area contributed by atoms with Gasteiger partial charge in [-0.1, -0.05) is 132 Å².